The zero-order valence-corrected chi connectivity index (χ0v) is 11.1. The minimum absolute atomic E-state index is 0.295. The Morgan fingerprint density at radius 3 is 2.53 bits per heavy atom. The summed E-state index contributed by atoms with van der Waals surface area (Å²) in [5, 5.41) is 4.01. The van der Waals surface area contributed by atoms with E-state index in [-0.39, 0.29) is 5.54 Å². The van der Waals surface area contributed by atoms with E-state index >= 15 is 0 Å². The Kier molecular flexibility index (Phi) is 3.52. The van der Waals surface area contributed by atoms with Gasteiger partial charge in [-0.05, 0) is 31.6 Å². The Morgan fingerprint density at radius 2 is 2.06 bits per heavy atom. The first-order chi connectivity index (χ1) is 8.05. The standard InChI is InChI=1S/C13H23N3O/c1-4-10-5-7-13(14,8-6-10)12-15-11(9(2)3)16-17-12/h9-10H,4-8,14H2,1-3H3. The Hall–Kier alpha value is -0.900. The molecule has 1 aliphatic carbocycles. The van der Waals surface area contributed by atoms with Crippen LogP contribution >= 0.6 is 0 Å². The summed E-state index contributed by atoms with van der Waals surface area (Å²) in [6.45, 7) is 6.37. The van der Waals surface area contributed by atoms with Crippen molar-refractivity contribution in [2.24, 2.45) is 11.7 Å². The van der Waals surface area contributed by atoms with Crippen LogP contribution in [0.1, 0.15) is 70.5 Å². The summed E-state index contributed by atoms with van der Waals surface area (Å²) in [4.78, 5) is 4.45. The van der Waals surface area contributed by atoms with E-state index in [1.807, 2.05) is 0 Å². The molecule has 1 saturated carbocycles. The minimum Gasteiger partial charge on any atom is -0.337 e. The molecule has 1 fully saturated rings. The van der Waals surface area contributed by atoms with E-state index in [9.17, 15) is 0 Å². The van der Waals surface area contributed by atoms with Gasteiger partial charge in [0.15, 0.2) is 5.82 Å². The van der Waals surface area contributed by atoms with Gasteiger partial charge in [-0.15, -0.1) is 0 Å². The molecule has 0 atom stereocenters. The molecule has 2 N–H and O–H groups in total. The van der Waals surface area contributed by atoms with Crippen molar-refractivity contribution in [3.63, 3.8) is 0 Å². The highest BCUT2D eigenvalue weighted by Crippen LogP contribution is 2.38. The monoisotopic (exact) mass is 237 g/mol. The van der Waals surface area contributed by atoms with Crippen LogP contribution in [-0.2, 0) is 5.54 Å². The van der Waals surface area contributed by atoms with E-state index in [1.54, 1.807) is 0 Å². The van der Waals surface area contributed by atoms with Crippen LogP contribution in [0.4, 0.5) is 0 Å². The maximum Gasteiger partial charge on any atom is 0.246 e. The van der Waals surface area contributed by atoms with Crippen LogP contribution in [0, 0.1) is 5.92 Å². The molecule has 4 nitrogen and oxygen atoms in total. The third-order valence-electron chi connectivity index (χ3n) is 3.96. The van der Waals surface area contributed by atoms with Crippen molar-refractivity contribution in [3.05, 3.63) is 11.7 Å². The average Bonchev–Trinajstić information content (AvgIpc) is 2.80. The Morgan fingerprint density at radius 1 is 1.41 bits per heavy atom. The highest BCUT2D eigenvalue weighted by Gasteiger charge is 2.37. The van der Waals surface area contributed by atoms with Crippen molar-refractivity contribution in [1.82, 2.24) is 10.1 Å². The first-order valence-corrected chi connectivity index (χ1v) is 6.68. The van der Waals surface area contributed by atoms with Gasteiger partial charge in [-0.3, -0.25) is 0 Å². The van der Waals surface area contributed by atoms with Gasteiger partial charge in [0.1, 0.15) is 0 Å². The zero-order valence-electron chi connectivity index (χ0n) is 11.1. The second-order valence-corrected chi connectivity index (χ2v) is 5.62. The lowest BCUT2D eigenvalue weighted by Gasteiger charge is -2.33. The molecule has 4 heteroatoms. The maximum absolute atomic E-state index is 6.41. The normalized spacial score (nSPS) is 29.8. The molecular formula is C13H23N3O. The van der Waals surface area contributed by atoms with Gasteiger partial charge in [0, 0.05) is 5.92 Å². The summed E-state index contributed by atoms with van der Waals surface area (Å²) < 4.78 is 5.35. The Labute approximate surface area is 103 Å². The molecular weight excluding hydrogens is 214 g/mol. The highest BCUT2D eigenvalue weighted by molar-refractivity contribution is 5.05. The number of aromatic nitrogens is 2. The Bertz CT molecular complexity index is 364. The van der Waals surface area contributed by atoms with Crippen LogP contribution in [0.5, 0.6) is 0 Å². The molecule has 1 aromatic heterocycles. The van der Waals surface area contributed by atoms with Crippen molar-refractivity contribution >= 4 is 0 Å². The topological polar surface area (TPSA) is 64.9 Å². The fourth-order valence-corrected chi connectivity index (χ4v) is 2.49. The summed E-state index contributed by atoms with van der Waals surface area (Å²) in [6, 6.07) is 0. The van der Waals surface area contributed by atoms with Gasteiger partial charge in [0.2, 0.25) is 5.89 Å². The summed E-state index contributed by atoms with van der Waals surface area (Å²) in [5.74, 6) is 2.51. The molecule has 0 aliphatic heterocycles. The second-order valence-electron chi connectivity index (χ2n) is 5.62. The van der Waals surface area contributed by atoms with E-state index in [0.29, 0.717) is 11.8 Å². The third kappa shape index (κ3) is 2.51. The zero-order chi connectivity index (χ0) is 12.5. The fourth-order valence-electron chi connectivity index (χ4n) is 2.49. The lowest BCUT2D eigenvalue weighted by atomic mass is 9.76. The van der Waals surface area contributed by atoms with E-state index in [2.05, 4.69) is 30.9 Å². The Balaban J connectivity index is 2.10. The number of nitrogens with zero attached hydrogens (tertiary/aromatic N) is 2. The average molecular weight is 237 g/mol. The van der Waals surface area contributed by atoms with Gasteiger partial charge in [0.05, 0.1) is 5.54 Å². The summed E-state index contributed by atoms with van der Waals surface area (Å²) >= 11 is 0. The number of rotatable bonds is 3. The molecule has 1 aliphatic rings. The molecule has 0 amide bonds. The van der Waals surface area contributed by atoms with Crippen LogP contribution in [0.25, 0.3) is 0 Å². The lowest BCUT2D eigenvalue weighted by molar-refractivity contribution is 0.181. The van der Waals surface area contributed by atoms with Gasteiger partial charge < -0.3 is 10.3 Å². The van der Waals surface area contributed by atoms with Crippen LogP contribution in [-0.4, -0.2) is 10.1 Å². The highest BCUT2D eigenvalue weighted by atomic mass is 16.5. The van der Waals surface area contributed by atoms with Crippen molar-refractivity contribution in [2.75, 3.05) is 0 Å². The SMILES string of the molecule is CCC1CCC(N)(c2nc(C(C)C)no2)CC1. The third-order valence-corrected chi connectivity index (χ3v) is 3.96. The quantitative estimate of drug-likeness (QED) is 0.877. The molecule has 0 spiro atoms. The number of nitrogens with two attached hydrogens (primary N) is 1. The van der Waals surface area contributed by atoms with E-state index in [1.165, 1.54) is 19.3 Å². The van der Waals surface area contributed by atoms with Crippen molar-refractivity contribution in [1.29, 1.82) is 0 Å². The molecule has 2 rings (SSSR count). The van der Waals surface area contributed by atoms with Crippen LogP contribution < -0.4 is 5.73 Å². The fraction of sp³-hybridized carbons (Fsp3) is 0.846. The summed E-state index contributed by atoms with van der Waals surface area (Å²) in [7, 11) is 0. The largest absolute Gasteiger partial charge is 0.337 e. The van der Waals surface area contributed by atoms with E-state index < -0.39 is 0 Å². The van der Waals surface area contributed by atoms with E-state index in [0.717, 1.165) is 24.6 Å². The van der Waals surface area contributed by atoms with Crippen LogP contribution in [0.2, 0.25) is 0 Å². The molecule has 0 bridgehead atoms. The first-order valence-electron chi connectivity index (χ1n) is 6.68. The number of hydrogen-bond acceptors (Lipinski definition) is 4. The summed E-state index contributed by atoms with van der Waals surface area (Å²) in [6.07, 6.45) is 5.52. The molecule has 0 radical (unpaired) electrons. The van der Waals surface area contributed by atoms with Gasteiger partial charge in [-0.25, -0.2) is 0 Å². The minimum atomic E-state index is -0.383. The van der Waals surface area contributed by atoms with Crippen molar-refractivity contribution < 1.29 is 4.52 Å². The van der Waals surface area contributed by atoms with Gasteiger partial charge >= 0.3 is 0 Å². The van der Waals surface area contributed by atoms with Gasteiger partial charge in [0.25, 0.3) is 0 Å². The van der Waals surface area contributed by atoms with Gasteiger partial charge in [-0.2, -0.15) is 4.98 Å². The lowest BCUT2D eigenvalue weighted by Crippen LogP contribution is -2.40. The smallest absolute Gasteiger partial charge is 0.246 e. The molecule has 0 saturated heterocycles. The van der Waals surface area contributed by atoms with E-state index in [4.69, 9.17) is 10.3 Å². The maximum atomic E-state index is 6.41. The molecule has 17 heavy (non-hydrogen) atoms. The predicted octanol–water partition coefficient (Wildman–Crippen LogP) is 2.95. The second kappa shape index (κ2) is 4.77. The molecule has 0 unspecified atom stereocenters. The number of hydrogen-bond donors (Lipinski definition) is 1. The van der Waals surface area contributed by atoms with Crippen LogP contribution in [0.3, 0.4) is 0 Å². The van der Waals surface area contributed by atoms with Crippen molar-refractivity contribution in [2.45, 2.75) is 64.3 Å². The van der Waals surface area contributed by atoms with Crippen molar-refractivity contribution in [3.8, 4) is 0 Å². The van der Waals surface area contributed by atoms with Crippen LogP contribution in [0.15, 0.2) is 4.52 Å². The predicted molar refractivity (Wildman–Crippen MR) is 66.5 cm³/mol. The molecule has 96 valence electrons. The van der Waals surface area contributed by atoms with Gasteiger partial charge in [-0.1, -0.05) is 32.3 Å². The summed E-state index contributed by atoms with van der Waals surface area (Å²) in [5.41, 5.74) is 6.03. The molecule has 1 heterocycles. The molecule has 0 aromatic carbocycles. The molecule has 1 aromatic rings. The first kappa shape index (κ1) is 12.6.